The molecular formula is C27H22F3N7O. The van der Waals surface area contributed by atoms with Gasteiger partial charge in [-0.15, -0.1) is 5.10 Å². The average molecular weight is 518 g/mol. The van der Waals surface area contributed by atoms with E-state index in [0.29, 0.717) is 16.8 Å². The van der Waals surface area contributed by atoms with E-state index in [1.165, 1.54) is 21.7 Å². The highest BCUT2D eigenvalue weighted by atomic mass is 19.4. The van der Waals surface area contributed by atoms with Crippen LogP contribution in [0.3, 0.4) is 0 Å². The van der Waals surface area contributed by atoms with Gasteiger partial charge in [0.05, 0.1) is 28.8 Å². The molecule has 0 spiro atoms. The average Bonchev–Trinajstić information content (AvgIpc) is 3.58. The van der Waals surface area contributed by atoms with Gasteiger partial charge < -0.3 is 0 Å². The van der Waals surface area contributed by atoms with Crippen LogP contribution in [0.25, 0.3) is 0 Å². The van der Waals surface area contributed by atoms with Crippen molar-refractivity contribution in [1.29, 1.82) is 10.5 Å². The quantitative estimate of drug-likeness (QED) is 0.466. The Hall–Kier alpha value is -4.64. The van der Waals surface area contributed by atoms with Crippen LogP contribution >= 0.6 is 0 Å². The number of amides is 1. The highest BCUT2D eigenvalue weighted by molar-refractivity contribution is 5.91. The molecule has 0 radical (unpaired) electrons. The highest BCUT2D eigenvalue weighted by Gasteiger charge is 2.38. The number of nitriles is 2. The third-order valence-electron chi connectivity index (χ3n) is 6.93. The number of hydrogen-bond donors (Lipinski definition) is 1. The van der Waals surface area contributed by atoms with Gasteiger partial charge in [-0.3, -0.25) is 15.0 Å². The molecule has 2 aliphatic rings. The number of fused-ring (bicyclic) bond motifs is 1. The van der Waals surface area contributed by atoms with Crippen molar-refractivity contribution >= 4 is 23.5 Å². The number of alkyl halides is 3. The summed E-state index contributed by atoms with van der Waals surface area (Å²) in [5.41, 5.74) is 0.955. The van der Waals surface area contributed by atoms with E-state index < -0.39 is 17.8 Å². The van der Waals surface area contributed by atoms with Crippen molar-refractivity contribution in [2.75, 3.05) is 10.2 Å². The molecule has 1 atom stereocenters. The highest BCUT2D eigenvalue weighted by Crippen LogP contribution is 2.43. The van der Waals surface area contributed by atoms with Crippen molar-refractivity contribution in [2.24, 2.45) is 5.92 Å². The molecule has 38 heavy (non-hydrogen) atoms. The smallest absolute Gasteiger partial charge is 0.293 e. The van der Waals surface area contributed by atoms with Gasteiger partial charge in [-0.2, -0.15) is 28.7 Å². The maximum absolute atomic E-state index is 13.5. The van der Waals surface area contributed by atoms with Crippen molar-refractivity contribution < 1.29 is 18.0 Å². The van der Waals surface area contributed by atoms with Crippen LogP contribution in [0.2, 0.25) is 0 Å². The lowest BCUT2D eigenvalue weighted by atomic mass is 9.95. The molecule has 0 bridgehead atoms. The Labute approximate surface area is 216 Å². The Morgan fingerprint density at radius 1 is 1.08 bits per heavy atom. The number of aromatic nitrogens is 3. The van der Waals surface area contributed by atoms with Gasteiger partial charge in [0.2, 0.25) is 11.9 Å². The third kappa shape index (κ3) is 4.48. The van der Waals surface area contributed by atoms with E-state index >= 15 is 0 Å². The zero-order valence-electron chi connectivity index (χ0n) is 20.3. The number of anilines is 3. The van der Waals surface area contributed by atoms with Gasteiger partial charge in [-0.1, -0.05) is 31.0 Å². The predicted molar refractivity (Wildman–Crippen MR) is 132 cm³/mol. The zero-order chi connectivity index (χ0) is 27.0. The molecule has 11 heteroatoms. The molecule has 2 heterocycles. The summed E-state index contributed by atoms with van der Waals surface area (Å²) in [5, 5.41) is 26.6. The van der Waals surface area contributed by atoms with E-state index in [0.717, 1.165) is 37.8 Å². The maximum Gasteiger partial charge on any atom is 0.416 e. The molecule has 1 aliphatic carbocycles. The summed E-state index contributed by atoms with van der Waals surface area (Å²) in [6, 6.07) is 14.8. The minimum Gasteiger partial charge on any atom is -0.293 e. The first kappa shape index (κ1) is 25.0. The Bertz CT molecular complexity index is 1500. The van der Waals surface area contributed by atoms with E-state index in [1.54, 1.807) is 31.2 Å². The van der Waals surface area contributed by atoms with Gasteiger partial charge in [0.1, 0.15) is 6.04 Å². The minimum absolute atomic E-state index is 0.000453. The van der Waals surface area contributed by atoms with Crippen molar-refractivity contribution in [1.82, 2.24) is 14.8 Å². The molecular weight excluding hydrogens is 495 g/mol. The third-order valence-corrected chi connectivity index (χ3v) is 6.93. The fraction of sp³-hybridized carbons (Fsp3) is 0.296. The van der Waals surface area contributed by atoms with Gasteiger partial charge in [0.25, 0.3) is 5.95 Å². The molecule has 1 aromatic heterocycles. The standard InChI is InChI=1S/C27H22F3N7O/c1-16-22(15-32)23(18-11-9-17(14-31)10-12-18)37-26(34-25(35-37)33-24(38)19-5-2-3-6-19)36(16)21-8-4-7-20(13-21)27(28,29)30/h4,7-13,19,23H,2-3,5-6H2,1H3,(H,33,35,38)/t23-/m1/s1. The number of nitrogens with one attached hydrogen (secondary N) is 1. The molecule has 1 aliphatic heterocycles. The molecule has 1 N–H and O–H groups in total. The molecule has 2 aromatic carbocycles. The molecule has 8 nitrogen and oxygen atoms in total. The van der Waals surface area contributed by atoms with Crippen LogP contribution in [-0.2, 0) is 11.0 Å². The van der Waals surface area contributed by atoms with Crippen LogP contribution in [0, 0.1) is 28.6 Å². The lowest BCUT2D eigenvalue weighted by molar-refractivity contribution is -0.137. The number of halogens is 3. The summed E-state index contributed by atoms with van der Waals surface area (Å²) in [5.74, 6) is -0.216. The second kappa shape index (κ2) is 9.67. The largest absolute Gasteiger partial charge is 0.416 e. The Balaban J connectivity index is 1.65. The van der Waals surface area contributed by atoms with Gasteiger partial charge in [0.15, 0.2) is 0 Å². The van der Waals surface area contributed by atoms with Crippen LogP contribution in [0.15, 0.2) is 59.8 Å². The summed E-state index contributed by atoms with van der Waals surface area (Å²) < 4.78 is 42.0. The topological polar surface area (TPSA) is 111 Å². The van der Waals surface area contributed by atoms with Gasteiger partial charge in [-0.25, -0.2) is 4.68 Å². The molecule has 5 rings (SSSR count). The second-order valence-corrected chi connectivity index (χ2v) is 9.28. The van der Waals surface area contributed by atoms with E-state index in [-0.39, 0.29) is 35.0 Å². The zero-order valence-corrected chi connectivity index (χ0v) is 20.3. The number of benzene rings is 2. The first-order chi connectivity index (χ1) is 18.2. The lowest BCUT2D eigenvalue weighted by Crippen LogP contribution is -2.31. The molecule has 192 valence electrons. The van der Waals surface area contributed by atoms with E-state index in [2.05, 4.69) is 21.5 Å². The van der Waals surface area contributed by atoms with E-state index in [4.69, 9.17) is 0 Å². The van der Waals surface area contributed by atoms with Gasteiger partial charge in [-0.05, 0) is 55.7 Å². The first-order valence-electron chi connectivity index (χ1n) is 12.1. The second-order valence-electron chi connectivity index (χ2n) is 9.28. The van der Waals surface area contributed by atoms with Gasteiger partial charge >= 0.3 is 6.18 Å². The number of allylic oxidation sites excluding steroid dienone is 2. The normalized spacial score (nSPS) is 17.6. The fourth-order valence-electron chi connectivity index (χ4n) is 5.00. The maximum atomic E-state index is 13.5. The Morgan fingerprint density at radius 2 is 1.79 bits per heavy atom. The molecule has 3 aromatic rings. The predicted octanol–water partition coefficient (Wildman–Crippen LogP) is 5.84. The van der Waals surface area contributed by atoms with Crippen LogP contribution < -0.4 is 10.2 Å². The first-order valence-corrected chi connectivity index (χ1v) is 12.1. The van der Waals surface area contributed by atoms with Crippen LogP contribution in [0.4, 0.5) is 30.8 Å². The molecule has 0 saturated heterocycles. The van der Waals surface area contributed by atoms with Crippen molar-refractivity contribution in [3.8, 4) is 12.1 Å². The fourth-order valence-corrected chi connectivity index (χ4v) is 5.00. The van der Waals surface area contributed by atoms with Crippen LogP contribution in [-0.4, -0.2) is 20.7 Å². The minimum atomic E-state index is -4.57. The summed E-state index contributed by atoms with van der Waals surface area (Å²) in [6.07, 6.45) is -1.11. The lowest BCUT2D eigenvalue weighted by Gasteiger charge is -2.34. The van der Waals surface area contributed by atoms with Crippen LogP contribution in [0.5, 0.6) is 0 Å². The van der Waals surface area contributed by atoms with E-state index in [1.807, 2.05) is 6.07 Å². The van der Waals surface area contributed by atoms with E-state index in [9.17, 15) is 28.5 Å². The van der Waals surface area contributed by atoms with Crippen molar-refractivity contribution in [3.63, 3.8) is 0 Å². The summed E-state index contributed by atoms with van der Waals surface area (Å²) in [7, 11) is 0. The monoisotopic (exact) mass is 517 g/mol. The molecule has 0 unspecified atom stereocenters. The number of rotatable bonds is 4. The molecule has 1 amide bonds. The molecule has 1 fully saturated rings. The summed E-state index contributed by atoms with van der Waals surface area (Å²) >= 11 is 0. The summed E-state index contributed by atoms with van der Waals surface area (Å²) in [6.45, 7) is 1.63. The number of carbonyl (C=O) groups excluding carboxylic acids is 1. The number of carbonyl (C=O) groups is 1. The van der Waals surface area contributed by atoms with Crippen molar-refractivity contribution in [2.45, 2.75) is 44.8 Å². The van der Waals surface area contributed by atoms with Crippen molar-refractivity contribution in [3.05, 3.63) is 76.5 Å². The van der Waals surface area contributed by atoms with Crippen LogP contribution in [0.1, 0.15) is 55.3 Å². The Morgan fingerprint density at radius 3 is 2.42 bits per heavy atom. The molecule has 1 saturated carbocycles. The Kier molecular flexibility index (Phi) is 6.37. The number of hydrogen-bond acceptors (Lipinski definition) is 6. The SMILES string of the molecule is CC1=C(C#N)[C@@H](c2ccc(C#N)cc2)n2nc(NC(=O)C3CCCC3)nc2N1c1cccc(C(F)(F)F)c1. The number of nitrogens with zero attached hydrogens (tertiary/aromatic N) is 6. The van der Waals surface area contributed by atoms with Gasteiger partial charge in [0, 0.05) is 17.3 Å². The summed E-state index contributed by atoms with van der Waals surface area (Å²) in [4.78, 5) is 18.8.